The van der Waals surface area contributed by atoms with Crippen LogP contribution in [0.2, 0.25) is 0 Å². The topological polar surface area (TPSA) is 32.3 Å². The highest BCUT2D eigenvalue weighted by Gasteiger charge is 2.27. The lowest BCUT2D eigenvalue weighted by Crippen LogP contribution is -2.37. The molecule has 0 heterocycles. The van der Waals surface area contributed by atoms with Crippen LogP contribution in [0.1, 0.15) is 0 Å². The Bertz CT molecular complexity index is 125. The summed E-state index contributed by atoms with van der Waals surface area (Å²) in [5.74, 6) is 0. The zero-order valence-corrected chi connectivity index (χ0v) is 5.91. The van der Waals surface area contributed by atoms with E-state index in [4.69, 9.17) is 5.11 Å². The normalized spacial score (nSPS) is 15.2. The van der Waals surface area contributed by atoms with Gasteiger partial charge in [0.05, 0.1) is 6.54 Å². The number of nitrogens with one attached hydrogen (secondary N) is 1. The van der Waals surface area contributed by atoms with E-state index >= 15 is 0 Å². The van der Waals surface area contributed by atoms with Crippen molar-refractivity contribution in [2.45, 2.75) is 18.7 Å². The maximum Gasteiger partial charge on any atom is 0.401 e. The van der Waals surface area contributed by atoms with Crippen molar-refractivity contribution in [1.82, 2.24) is 5.32 Å². The Labute approximate surface area is 65.4 Å². The number of aliphatic hydroxyl groups excluding tert-OH is 1. The molecule has 0 spiro atoms. The standard InChI is InChI=1S/C5H8F5NO/c6-4(7)3(12)1-11-2-5(8,9)10/h3-4,11-12H,1-2H2. The van der Waals surface area contributed by atoms with Crippen LogP contribution in [0.3, 0.4) is 0 Å². The summed E-state index contributed by atoms with van der Waals surface area (Å²) < 4.78 is 57.1. The van der Waals surface area contributed by atoms with E-state index in [9.17, 15) is 22.0 Å². The number of hydrogen-bond acceptors (Lipinski definition) is 2. The number of halogens is 5. The molecule has 0 saturated carbocycles. The minimum atomic E-state index is -4.44. The number of alkyl halides is 5. The molecule has 74 valence electrons. The molecule has 0 rings (SSSR count). The fourth-order valence-electron chi connectivity index (χ4n) is 0.451. The van der Waals surface area contributed by atoms with E-state index < -0.39 is 31.8 Å². The minimum Gasteiger partial charge on any atom is -0.386 e. The van der Waals surface area contributed by atoms with Gasteiger partial charge >= 0.3 is 6.18 Å². The van der Waals surface area contributed by atoms with Crippen molar-refractivity contribution in [3.63, 3.8) is 0 Å². The van der Waals surface area contributed by atoms with Crippen LogP contribution in [0.25, 0.3) is 0 Å². The molecular formula is C5H8F5NO. The smallest absolute Gasteiger partial charge is 0.386 e. The van der Waals surface area contributed by atoms with Gasteiger partial charge in [0.2, 0.25) is 0 Å². The lowest BCUT2D eigenvalue weighted by molar-refractivity contribution is -0.126. The molecule has 12 heavy (non-hydrogen) atoms. The summed E-state index contributed by atoms with van der Waals surface area (Å²) >= 11 is 0. The van der Waals surface area contributed by atoms with Gasteiger partial charge in [-0.25, -0.2) is 8.78 Å². The molecule has 0 radical (unpaired) electrons. The molecule has 2 N–H and O–H groups in total. The Morgan fingerprint density at radius 2 is 1.75 bits per heavy atom. The van der Waals surface area contributed by atoms with Crippen molar-refractivity contribution in [2.24, 2.45) is 0 Å². The molecule has 0 aromatic rings. The average molecular weight is 193 g/mol. The van der Waals surface area contributed by atoms with Crippen molar-refractivity contribution < 1.29 is 27.1 Å². The second-order valence-electron chi connectivity index (χ2n) is 2.15. The molecule has 0 amide bonds. The lowest BCUT2D eigenvalue weighted by atomic mass is 10.3. The highest BCUT2D eigenvalue weighted by Crippen LogP contribution is 2.12. The van der Waals surface area contributed by atoms with Crippen molar-refractivity contribution >= 4 is 0 Å². The molecule has 0 bridgehead atoms. The van der Waals surface area contributed by atoms with E-state index in [1.54, 1.807) is 5.32 Å². The van der Waals surface area contributed by atoms with E-state index in [1.807, 2.05) is 0 Å². The van der Waals surface area contributed by atoms with E-state index in [2.05, 4.69) is 0 Å². The lowest BCUT2D eigenvalue weighted by Gasteiger charge is -2.11. The highest BCUT2D eigenvalue weighted by atomic mass is 19.4. The van der Waals surface area contributed by atoms with Gasteiger partial charge in [-0.15, -0.1) is 0 Å². The molecule has 2 nitrogen and oxygen atoms in total. The molecule has 0 aromatic carbocycles. The molecule has 7 heteroatoms. The van der Waals surface area contributed by atoms with Gasteiger partial charge in [-0.05, 0) is 0 Å². The van der Waals surface area contributed by atoms with Gasteiger partial charge in [0, 0.05) is 6.54 Å². The SMILES string of the molecule is OC(CNCC(F)(F)F)C(F)F. The van der Waals surface area contributed by atoms with Gasteiger partial charge in [0.15, 0.2) is 0 Å². The molecule has 0 aliphatic rings. The molecule has 1 unspecified atom stereocenters. The van der Waals surface area contributed by atoms with Crippen LogP contribution in [0.5, 0.6) is 0 Å². The Hall–Kier alpha value is -0.430. The minimum absolute atomic E-state index is 0.767. The second-order valence-corrected chi connectivity index (χ2v) is 2.15. The fraction of sp³-hybridized carbons (Fsp3) is 1.00. The van der Waals surface area contributed by atoms with Gasteiger partial charge in [-0.1, -0.05) is 0 Å². The van der Waals surface area contributed by atoms with Crippen molar-refractivity contribution in [3.8, 4) is 0 Å². The molecule has 1 atom stereocenters. The van der Waals surface area contributed by atoms with Gasteiger partial charge in [0.1, 0.15) is 6.10 Å². The third kappa shape index (κ3) is 6.29. The van der Waals surface area contributed by atoms with Crippen molar-refractivity contribution in [1.29, 1.82) is 0 Å². The first-order valence-corrected chi connectivity index (χ1v) is 3.06. The fourth-order valence-corrected chi connectivity index (χ4v) is 0.451. The van der Waals surface area contributed by atoms with Gasteiger partial charge in [0.25, 0.3) is 6.43 Å². The molecule has 0 saturated heterocycles. The molecule has 0 aliphatic carbocycles. The Kier molecular flexibility index (Phi) is 4.40. The summed E-state index contributed by atoms with van der Waals surface area (Å²) in [7, 11) is 0. The summed E-state index contributed by atoms with van der Waals surface area (Å²) in [5.41, 5.74) is 0. The summed E-state index contributed by atoms with van der Waals surface area (Å²) in [5, 5.41) is 9.99. The Morgan fingerprint density at radius 1 is 1.25 bits per heavy atom. The van der Waals surface area contributed by atoms with Crippen LogP contribution < -0.4 is 5.32 Å². The zero-order valence-electron chi connectivity index (χ0n) is 5.91. The van der Waals surface area contributed by atoms with Gasteiger partial charge in [-0.2, -0.15) is 13.2 Å². The van der Waals surface area contributed by atoms with Crippen molar-refractivity contribution in [3.05, 3.63) is 0 Å². The summed E-state index contributed by atoms with van der Waals surface area (Å²) in [6.07, 6.45) is -9.51. The summed E-state index contributed by atoms with van der Waals surface area (Å²) in [4.78, 5) is 0. The monoisotopic (exact) mass is 193 g/mol. The number of rotatable bonds is 4. The van der Waals surface area contributed by atoms with E-state index in [0.29, 0.717) is 0 Å². The Morgan fingerprint density at radius 3 is 2.08 bits per heavy atom. The third-order valence-electron chi connectivity index (χ3n) is 0.970. The van der Waals surface area contributed by atoms with Crippen LogP contribution >= 0.6 is 0 Å². The Balaban J connectivity index is 3.44. The first-order valence-electron chi connectivity index (χ1n) is 3.06. The maximum absolute atomic E-state index is 11.5. The number of hydrogen-bond donors (Lipinski definition) is 2. The molecule has 0 aliphatic heterocycles. The highest BCUT2D eigenvalue weighted by molar-refractivity contribution is 4.63. The summed E-state index contributed by atoms with van der Waals surface area (Å²) in [6.45, 7) is -2.14. The molecular weight excluding hydrogens is 185 g/mol. The van der Waals surface area contributed by atoms with Crippen molar-refractivity contribution in [2.75, 3.05) is 13.1 Å². The van der Waals surface area contributed by atoms with E-state index in [-0.39, 0.29) is 0 Å². The van der Waals surface area contributed by atoms with Crippen LogP contribution in [-0.4, -0.2) is 36.9 Å². The second kappa shape index (κ2) is 4.56. The quantitative estimate of drug-likeness (QED) is 0.646. The number of aliphatic hydroxyl groups is 1. The molecule has 0 aromatic heterocycles. The maximum atomic E-state index is 11.5. The third-order valence-corrected chi connectivity index (χ3v) is 0.970. The van der Waals surface area contributed by atoms with E-state index in [1.165, 1.54) is 0 Å². The van der Waals surface area contributed by atoms with Gasteiger partial charge in [-0.3, -0.25) is 0 Å². The van der Waals surface area contributed by atoms with Crippen LogP contribution in [0.15, 0.2) is 0 Å². The largest absolute Gasteiger partial charge is 0.401 e. The van der Waals surface area contributed by atoms with Crippen LogP contribution in [0, 0.1) is 0 Å². The predicted octanol–water partition coefficient (Wildman–Crippen LogP) is 0.764. The predicted molar refractivity (Wildman–Crippen MR) is 30.9 cm³/mol. The first kappa shape index (κ1) is 11.6. The van der Waals surface area contributed by atoms with E-state index in [0.717, 1.165) is 0 Å². The van der Waals surface area contributed by atoms with Gasteiger partial charge < -0.3 is 10.4 Å². The summed E-state index contributed by atoms with van der Waals surface area (Å²) in [6, 6.07) is 0. The first-order chi connectivity index (χ1) is 5.33. The zero-order chi connectivity index (χ0) is 9.78. The molecule has 0 fully saturated rings. The van der Waals surface area contributed by atoms with Crippen LogP contribution in [0.4, 0.5) is 22.0 Å². The van der Waals surface area contributed by atoms with Crippen LogP contribution in [-0.2, 0) is 0 Å². The average Bonchev–Trinajstić information content (AvgIpc) is 1.84.